The molecule has 15 heavy (non-hydrogen) atoms. The van der Waals surface area contributed by atoms with E-state index in [9.17, 15) is 4.39 Å². The molecule has 0 nitrogen and oxygen atoms in total. The highest BCUT2D eigenvalue weighted by molar-refractivity contribution is 9.09. The van der Waals surface area contributed by atoms with E-state index in [1.165, 1.54) is 18.4 Å². The maximum atomic E-state index is 13.9. The summed E-state index contributed by atoms with van der Waals surface area (Å²) in [5, 5.41) is 0. The lowest BCUT2D eigenvalue weighted by Gasteiger charge is -2.31. The molecule has 0 N–H and O–H groups in total. The molecular weight excluding hydrogens is 255 g/mol. The van der Waals surface area contributed by atoms with E-state index in [0.717, 1.165) is 31.6 Å². The van der Waals surface area contributed by atoms with Gasteiger partial charge in [0, 0.05) is 10.7 Å². The van der Waals surface area contributed by atoms with Gasteiger partial charge in [-0.2, -0.15) is 0 Å². The molecule has 2 saturated carbocycles. The van der Waals surface area contributed by atoms with Crippen molar-refractivity contribution in [1.29, 1.82) is 0 Å². The maximum absolute atomic E-state index is 13.9. The van der Waals surface area contributed by atoms with Crippen LogP contribution >= 0.6 is 15.9 Å². The zero-order chi connectivity index (χ0) is 10.8. The van der Waals surface area contributed by atoms with Gasteiger partial charge in [-0.15, -0.1) is 0 Å². The molecule has 0 aromatic carbocycles. The predicted octanol–water partition coefficient (Wildman–Crippen LogP) is 4.63. The van der Waals surface area contributed by atoms with Crippen molar-refractivity contribution in [3.8, 4) is 0 Å². The van der Waals surface area contributed by atoms with Crippen LogP contribution in [0.2, 0.25) is 0 Å². The van der Waals surface area contributed by atoms with Crippen molar-refractivity contribution in [3.05, 3.63) is 11.6 Å². The molecule has 0 spiro atoms. The van der Waals surface area contributed by atoms with Crippen LogP contribution < -0.4 is 0 Å². The van der Waals surface area contributed by atoms with Gasteiger partial charge >= 0.3 is 0 Å². The van der Waals surface area contributed by atoms with Crippen molar-refractivity contribution in [2.45, 2.75) is 56.4 Å². The molecule has 2 fully saturated rings. The van der Waals surface area contributed by atoms with Gasteiger partial charge in [0.15, 0.2) is 0 Å². The van der Waals surface area contributed by atoms with Gasteiger partial charge < -0.3 is 0 Å². The highest BCUT2D eigenvalue weighted by atomic mass is 79.9. The van der Waals surface area contributed by atoms with Crippen LogP contribution in [0, 0.1) is 11.8 Å². The Hall–Kier alpha value is 0.150. The first-order valence-corrected chi connectivity index (χ1v) is 7.12. The third-order valence-corrected chi connectivity index (χ3v) is 4.45. The van der Waals surface area contributed by atoms with E-state index in [4.69, 9.17) is 0 Å². The lowest BCUT2D eigenvalue weighted by atomic mass is 9.80. The van der Waals surface area contributed by atoms with E-state index in [1.54, 1.807) is 0 Å². The summed E-state index contributed by atoms with van der Waals surface area (Å²) in [5.74, 6) is 0.946. The number of alkyl halides is 2. The quantitative estimate of drug-likeness (QED) is 0.520. The summed E-state index contributed by atoms with van der Waals surface area (Å²) in [6, 6.07) is 0. The van der Waals surface area contributed by atoms with Crippen LogP contribution in [0.3, 0.4) is 0 Å². The fourth-order valence-electron chi connectivity index (χ4n) is 2.70. The molecule has 3 unspecified atom stereocenters. The van der Waals surface area contributed by atoms with Crippen LogP contribution in [-0.4, -0.2) is 11.0 Å². The topological polar surface area (TPSA) is 0 Å². The second kappa shape index (κ2) is 4.99. The zero-order valence-corrected chi connectivity index (χ0v) is 11.0. The number of rotatable bonds is 3. The molecule has 3 atom stereocenters. The van der Waals surface area contributed by atoms with Gasteiger partial charge in [-0.25, -0.2) is 4.39 Å². The molecule has 0 saturated heterocycles. The van der Waals surface area contributed by atoms with E-state index >= 15 is 0 Å². The van der Waals surface area contributed by atoms with Crippen molar-refractivity contribution in [3.63, 3.8) is 0 Å². The van der Waals surface area contributed by atoms with Crippen molar-refractivity contribution < 1.29 is 4.39 Å². The van der Waals surface area contributed by atoms with Crippen LogP contribution in [0.1, 0.15) is 45.4 Å². The molecule has 0 heterocycles. The lowest BCUT2D eigenvalue weighted by molar-refractivity contribution is 0.191. The minimum atomic E-state index is -0.586. The second-order valence-corrected chi connectivity index (χ2v) is 6.21. The van der Waals surface area contributed by atoms with E-state index < -0.39 is 6.17 Å². The average molecular weight is 275 g/mol. The number of hydrogen-bond donors (Lipinski definition) is 0. The smallest absolute Gasteiger partial charge is 0.107 e. The average Bonchev–Trinajstić information content (AvgIpc) is 3.02. The van der Waals surface area contributed by atoms with E-state index in [2.05, 4.69) is 28.9 Å². The van der Waals surface area contributed by atoms with Crippen LogP contribution in [0.4, 0.5) is 4.39 Å². The summed E-state index contributed by atoms with van der Waals surface area (Å²) in [7, 11) is 0. The maximum Gasteiger partial charge on any atom is 0.107 e. The molecule has 2 aliphatic carbocycles. The summed E-state index contributed by atoms with van der Waals surface area (Å²) in [4.78, 5) is 0.536. The van der Waals surface area contributed by atoms with E-state index in [0.29, 0.717) is 4.83 Å². The summed E-state index contributed by atoms with van der Waals surface area (Å²) >= 11 is 3.65. The summed E-state index contributed by atoms with van der Waals surface area (Å²) in [6.45, 7) is 2.16. The van der Waals surface area contributed by atoms with Gasteiger partial charge in [0.05, 0.1) is 0 Å². The lowest BCUT2D eigenvalue weighted by Crippen LogP contribution is -2.28. The predicted molar refractivity (Wildman–Crippen MR) is 66.1 cm³/mol. The van der Waals surface area contributed by atoms with Crippen molar-refractivity contribution in [2.75, 3.05) is 0 Å². The molecule has 0 bridgehead atoms. The second-order valence-electron chi connectivity index (χ2n) is 4.92. The number of halogens is 2. The summed E-state index contributed by atoms with van der Waals surface area (Å²) < 4.78 is 13.9. The number of hydrogen-bond acceptors (Lipinski definition) is 0. The fourth-order valence-corrected chi connectivity index (χ4v) is 3.37. The SMILES string of the molecule is CCC=C(C1CC1)C1CC(Br)CCC1F. The van der Waals surface area contributed by atoms with Gasteiger partial charge in [-0.1, -0.05) is 34.5 Å². The van der Waals surface area contributed by atoms with Gasteiger partial charge in [0.25, 0.3) is 0 Å². The first-order chi connectivity index (χ1) is 7.22. The third-order valence-electron chi connectivity index (χ3n) is 3.62. The molecule has 2 aliphatic rings. The Morgan fingerprint density at radius 3 is 2.67 bits per heavy atom. The minimum absolute atomic E-state index is 0.218. The Bertz CT molecular complexity index is 245. The van der Waals surface area contributed by atoms with Gasteiger partial charge in [0.1, 0.15) is 6.17 Å². The molecule has 0 amide bonds. The van der Waals surface area contributed by atoms with Crippen molar-refractivity contribution in [2.24, 2.45) is 11.8 Å². The monoisotopic (exact) mass is 274 g/mol. The zero-order valence-electron chi connectivity index (χ0n) is 9.39. The molecule has 2 heteroatoms. The van der Waals surface area contributed by atoms with Crippen LogP contribution in [-0.2, 0) is 0 Å². The highest BCUT2D eigenvalue weighted by Gasteiger charge is 2.37. The summed E-state index contributed by atoms with van der Waals surface area (Å²) in [6.07, 6.45) is 8.10. The highest BCUT2D eigenvalue weighted by Crippen LogP contribution is 2.46. The van der Waals surface area contributed by atoms with Crippen LogP contribution in [0.25, 0.3) is 0 Å². The van der Waals surface area contributed by atoms with Gasteiger partial charge in [-0.3, -0.25) is 0 Å². The molecule has 0 aromatic rings. The van der Waals surface area contributed by atoms with E-state index in [1.807, 2.05) is 0 Å². The third kappa shape index (κ3) is 2.83. The van der Waals surface area contributed by atoms with Crippen LogP contribution in [0.5, 0.6) is 0 Å². The molecular formula is C13H20BrF. The van der Waals surface area contributed by atoms with Crippen molar-refractivity contribution in [1.82, 2.24) is 0 Å². The van der Waals surface area contributed by atoms with Crippen molar-refractivity contribution >= 4 is 15.9 Å². The standard InChI is InChI=1S/C13H20BrF/c1-2-3-11(9-4-5-9)12-8-10(14)6-7-13(12)15/h3,9-10,12-13H,2,4-8H2,1H3. The van der Waals surface area contributed by atoms with Gasteiger partial charge in [0.2, 0.25) is 0 Å². The molecule has 86 valence electrons. The normalized spacial score (nSPS) is 38.1. The minimum Gasteiger partial charge on any atom is -0.247 e. The Kier molecular flexibility index (Phi) is 3.87. The Morgan fingerprint density at radius 2 is 2.07 bits per heavy atom. The fraction of sp³-hybridized carbons (Fsp3) is 0.846. The number of allylic oxidation sites excluding steroid dienone is 2. The Morgan fingerprint density at radius 1 is 1.33 bits per heavy atom. The molecule has 0 aromatic heterocycles. The first kappa shape index (κ1) is 11.6. The van der Waals surface area contributed by atoms with Crippen LogP contribution in [0.15, 0.2) is 11.6 Å². The Labute approximate surface area is 100 Å². The largest absolute Gasteiger partial charge is 0.247 e. The van der Waals surface area contributed by atoms with E-state index in [-0.39, 0.29) is 5.92 Å². The van der Waals surface area contributed by atoms with Gasteiger partial charge in [-0.05, 0) is 44.4 Å². The molecule has 0 aliphatic heterocycles. The molecule has 2 rings (SSSR count). The first-order valence-electron chi connectivity index (χ1n) is 6.20. The molecule has 0 radical (unpaired) electrons. The Balaban J connectivity index is 2.07. The summed E-state index contributed by atoms with van der Waals surface area (Å²) in [5.41, 5.74) is 1.44.